The number of hydrogen-bond acceptors (Lipinski definition) is 4. The third-order valence-electron chi connectivity index (χ3n) is 6.30. The molecule has 4 saturated carbocycles. The van der Waals surface area contributed by atoms with E-state index in [1.54, 1.807) is 0 Å². The summed E-state index contributed by atoms with van der Waals surface area (Å²) in [5.41, 5.74) is 1.26. The number of hydrazone groups is 1. The second kappa shape index (κ2) is 2.69. The summed E-state index contributed by atoms with van der Waals surface area (Å²) in [6.45, 7) is 1.54. The molecule has 0 aromatic carbocycles. The zero-order valence-electron chi connectivity index (χ0n) is 9.84. The second-order valence-electron chi connectivity index (χ2n) is 6.48. The van der Waals surface area contributed by atoms with E-state index in [2.05, 4.69) is 5.10 Å². The molecule has 92 valence electrons. The molecule has 0 aromatic rings. The predicted molar refractivity (Wildman–Crippen MR) is 61.0 cm³/mol. The molecule has 1 heterocycles. The fourth-order valence-corrected chi connectivity index (χ4v) is 6.08. The Hall–Kier alpha value is -0.610. The molecule has 1 aliphatic heterocycles. The minimum atomic E-state index is -0.250. The molecule has 5 fully saturated rings. The SMILES string of the molecule is N/N=C1\C[C@@H]2[C@H]3CC4(OCCO4)[C@@H]4[C@@H]3C[C@@H]2[C@H]14. The minimum absolute atomic E-state index is 0.250. The van der Waals surface area contributed by atoms with Crippen molar-refractivity contribution in [1.29, 1.82) is 0 Å². The maximum Gasteiger partial charge on any atom is 0.172 e. The summed E-state index contributed by atoms with van der Waals surface area (Å²) in [6.07, 6.45) is 3.66. The van der Waals surface area contributed by atoms with Gasteiger partial charge in [-0.3, -0.25) is 0 Å². The molecule has 1 saturated heterocycles. The Labute approximate surface area is 101 Å². The van der Waals surface area contributed by atoms with Gasteiger partial charge in [0.2, 0.25) is 0 Å². The average Bonchev–Trinajstić information content (AvgIpc) is 3.03. The van der Waals surface area contributed by atoms with Crippen LogP contribution in [0, 0.1) is 35.5 Å². The lowest BCUT2D eigenvalue weighted by Gasteiger charge is -2.33. The lowest BCUT2D eigenvalue weighted by Crippen LogP contribution is -2.41. The Morgan fingerprint density at radius 3 is 2.71 bits per heavy atom. The Morgan fingerprint density at radius 2 is 1.94 bits per heavy atom. The fraction of sp³-hybridized carbons (Fsp3) is 0.923. The third-order valence-corrected chi connectivity index (χ3v) is 6.30. The van der Waals surface area contributed by atoms with Crippen LogP contribution in [0.1, 0.15) is 19.3 Å². The lowest BCUT2D eigenvalue weighted by atomic mass is 9.79. The van der Waals surface area contributed by atoms with Gasteiger partial charge in [-0.25, -0.2) is 0 Å². The van der Waals surface area contributed by atoms with Gasteiger partial charge >= 0.3 is 0 Å². The molecular weight excluding hydrogens is 216 g/mol. The maximum absolute atomic E-state index is 6.04. The third kappa shape index (κ3) is 0.838. The number of fused-ring (bicyclic) bond motifs is 3. The van der Waals surface area contributed by atoms with Crippen molar-refractivity contribution in [2.45, 2.75) is 25.0 Å². The van der Waals surface area contributed by atoms with Crippen LogP contribution in [0.4, 0.5) is 0 Å². The molecule has 1 spiro atoms. The highest BCUT2D eigenvalue weighted by Crippen LogP contribution is 2.73. The Morgan fingerprint density at radius 1 is 1.12 bits per heavy atom. The van der Waals surface area contributed by atoms with E-state index in [0.717, 1.165) is 49.7 Å². The second-order valence-corrected chi connectivity index (χ2v) is 6.48. The summed E-state index contributed by atoms with van der Waals surface area (Å²) >= 11 is 0. The molecule has 0 unspecified atom stereocenters. The molecule has 17 heavy (non-hydrogen) atoms. The highest BCUT2D eigenvalue weighted by atomic mass is 16.7. The quantitative estimate of drug-likeness (QED) is 0.502. The molecular formula is C13H18N2O2. The van der Waals surface area contributed by atoms with Crippen LogP contribution < -0.4 is 5.84 Å². The van der Waals surface area contributed by atoms with Gasteiger partial charge in [-0.2, -0.15) is 5.10 Å². The summed E-state index contributed by atoms with van der Waals surface area (Å²) in [5.74, 6) is 9.79. The van der Waals surface area contributed by atoms with E-state index in [0.29, 0.717) is 11.8 Å². The predicted octanol–water partition coefficient (Wildman–Crippen LogP) is 0.966. The van der Waals surface area contributed by atoms with Crippen LogP contribution in [0.2, 0.25) is 0 Å². The molecule has 2 bridgehead atoms. The average molecular weight is 234 g/mol. The van der Waals surface area contributed by atoms with Crippen molar-refractivity contribution in [2.75, 3.05) is 13.2 Å². The van der Waals surface area contributed by atoms with Gasteiger partial charge in [0.05, 0.1) is 13.2 Å². The van der Waals surface area contributed by atoms with E-state index in [-0.39, 0.29) is 5.79 Å². The van der Waals surface area contributed by atoms with Crippen molar-refractivity contribution in [2.24, 2.45) is 46.5 Å². The summed E-state index contributed by atoms with van der Waals surface area (Å²) in [6, 6.07) is 0. The fourth-order valence-electron chi connectivity index (χ4n) is 6.08. The highest BCUT2D eigenvalue weighted by molar-refractivity contribution is 5.91. The topological polar surface area (TPSA) is 56.8 Å². The van der Waals surface area contributed by atoms with Crippen molar-refractivity contribution >= 4 is 5.71 Å². The number of hydrogen-bond donors (Lipinski definition) is 1. The molecule has 2 N–H and O–H groups in total. The van der Waals surface area contributed by atoms with Gasteiger partial charge in [0.1, 0.15) is 0 Å². The van der Waals surface area contributed by atoms with E-state index >= 15 is 0 Å². The summed E-state index contributed by atoms with van der Waals surface area (Å²) in [7, 11) is 0. The smallest absolute Gasteiger partial charge is 0.172 e. The van der Waals surface area contributed by atoms with E-state index in [1.807, 2.05) is 0 Å². The molecule has 4 heteroatoms. The van der Waals surface area contributed by atoms with Gasteiger partial charge in [-0.15, -0.1) is 0 Å². The Balaban J connectivity index is 1.66. The maximum atomic E-state index is 6.04. The molecule has 4 nitrogen and oxygen atoms in total. The summed E-state index contributed by atoms with van der Waals surface area (Å²) in [4.78, 5) is 0. The van der Waals surface area contributed by atoms with Gasteiger partial charge in [0.25, 0.3) is 0 Å². The van der Waals surface area contributed by atoms with Gasteiger partial charge in [-0.1, -0.05) is 0 Å². The number of ether oxygens (including phenoxy) is 2. The molecule has 6 atom stereocenters. The number of nitrogens with zero attached hydrogens (tertiary/aromatic N) is 1. The largest absolute Gasteiger partial charge is 0.347 e. The van der Waals surface area contributed by atoms with Gasteiger partial charge in [0.15, 0.2) is 5.79 Å². The van der Waals surface area contributed by atoms with Gasteiger partial charge < -0.3 is 15.3 Å². The first-order chi connectivity index (χ1) is 8.34. The first kappa shape index (κ1) is 9.34. The summed E-state index contributed by atoms with van der Waals surface area (Å²) in [5, 5.41) is 4.09. The monoisotopic (exact) mass is 234 g/mol. The Bertz CT molecular complexity index is 416. The van der Waals surface area contributed by atoms with Crippen LogP contribution in [0.5, 0.6) is 0 Å². The van der Waals surface area contributed by atoms with Crippen LogP contribution in [0.3, 0.4) is 0 Å². The summed E-state index contributed by atoms with van der Waals surface area (Å²) < 4.78 is 12.1. The highest BCUT2D eigenvalue weighted by Gasteiger charge is 2.74. The zero-order valence-corrected chi connectivity index (χ0v) is 9.84. The van der Waals surface area contributed by atoms with Crippen molar-refractivity contribution in [3.05, 3.63) is 0 Å². The molecule has 0 aromatic heterocycles. The Kier molecular flexibility index (Phi) is 1.48. The van der Waals surface area contributed by atoms with Gasteiger partial charge in [0, 0.05) is 24.0 Å². The standard InChI is InChI=1S/C13H18N2O2/c14-15-10-4-6-7-3-8-9(6)5-13(12(8)11(7)10)16-1-2-17-13/h6-9,11-12H,1-5,14H2/b15-10+/t6-,7-,8+,9+,11+,12+/m0/s1. The molecule has 0 radical (unpaired) electrons. The molecule has 5 rings (SSSR count). The van der Waals surface area contributed by atoms with Crippen LogP contribution in [0.15, 0.2) is 5.10 Å². The van der Waals surface area contributed by atoms with E-state index in [4.69, 9.17) is 15.3 Å². The van der Waals surface area contributed by atoms with Crippen molar-refractivity contribution in [3.63, 3.8) is 0 Å². The number of rotatable bonds is 0. The van der Waals surface area contributed by atoms with E-state index in [9.17, 15) is 0 Å². The van der Waals surface area contributed by atoms with Crippen LogP contribution in [-0.2, 0) is 9.47 Å². The van der Waals surface area contributed by atoms with E-state index in [1.165, 1.54) is 12.1 Å². The van der Waals surface area contributed by atoms with Crippen molar-refractivity contribution < 1.29 is 9.47 Å². The van der Waals surface area contributed by atoms with Gasteiger partial charge in [-0.05, 0) is 36.5 Å². The first-order valence-electron chi connectivity index (χ1n) is 6.88. The van der Waals surface area contributed by atoms with Crippen molar-refractivity contribution in [1.82, 2.24) is 0 Å². The normalized spacial score (nSPS) is 58.9. The van der Waals surface area contributed by atoms with Crippen LogP contribution in [-0.4, -0.2) is 24.7 Å². The molecule has 5 aliphatic rings. The molecule has 0 amide bonds. The van der Waals surface area contributed by atoms with Crippen LogP contribution >= 0.6 is 0 Å². The molecule has 4 aliphatic carbocycles. The van der Waals surface area contributed by atoms with Crippen molar-refractivity contribution in [3.8, 4) is 0 Å². The lowest BCUT2D eigenvalue weighted by molar-refractivity contribution is -0.188. The van der Waals surface area contributed by atoms with Crippen LogP contribution in [0.25, 0.3) is 0 Å². The van der Waals surface area contributed by atoms with E-state index < -0.39 is 0 Å². The first-order valence-corrected chi connectivity index (χ1v) is 6.88. The minimum Gasteiger partial charge on any atom is -0.347 e. The zero-order chi connectivity index (χ0) is 11.2. The number of nitrogens with two attached hydrogens (primary N) is 1.